The number of aliphatic hydroxyl groups excluding tert-OH is 3. The number of aliphatic hydroxyl groups is 3. The van der Waals surface area contributed by atoms with Gasteiger partial charge in [-0.3, -0.25) is 4.79 Å². The Hall–Kier alpha value is -3.27. The Balaban J connectivity index is 1.86. The van der Waals surface area contributed by atoms with Gasteiger partial charge in [0.1, 0.15) is 45.8 Å². The van der Waals surface area contributed by atoms with E-state index in [0.717, 1.165) is 12.1 Å². The van der Waals surface area contributed by atoms with Crippen molar-refractivity contribution >= 4 is 11.0 Å². The lowest BCUT2D eigenvalue weighted by molar-refractivity contribution is -0.0842. The van der Waals surface area contributed by atoms with Crippen molar-refractivity contribution in [2.24, 2.45) is 0 Å². The molecule has 3 aromatic rings. The van der Waals surface area contributed by atoms with Gasteiger partial charge in [0.15, 0.2) is 11.0 Å². The summed E-state index contributed by atoms with van der Waals surface area (Å²) in [6, 6.07) is 5.84. The van der Waals surface area contributed by atoms with E-state index in [4.69, 9.17) is 9.15 Å². The van der Waals surface area contributed by atoms with Crippen LogP contribution in [0, 0.1) is 0 Å². The van der Waals surface area contributed by atoms with Crippen molar-refractivity contribution in [2.75, 3.05) is 6.61 Å². The molecule has 2 aromatic carbocycles. The highest BCUT2D eigenvalue weighted by Crippen LogP contribution is 2.42. The molecule has 1 aromatic heterocycles. The summed E-state index contributed by atoms with van der Waals surface area (Å²) in [5.41, 5.74) is -1.72. The Morgan fingerprint density at radius 2 is 1.80 bits per heavy atom. The first-order valence-corrected chi connectivity index (χ1v) is 9.14. The molecule has 1 aliphatic rings. The topological polar surface area (TPSA) is 161 Å². The zero-order valence-electron chi connectivity index (χ0n) is 15.9. The van der Waals surface area contributed by atoms with E-state index in [1.807, 2.05) is 0 Å². The third-order valence-electron chi connectivity index (χ3n) is 5.35. The molecule has 1 aliphatic heterocycles. The van der Waals surface area contributed by atoms with Crippen LogP contribution in [-0.2, 0) is 6.42 Å². The van der Waals surface area contributed by atoms with E-state index in [9.17, 15) is 35.4 Å². The van der Waals surface area contributed by atoms with Crippen LogP contribution in [0.25, 0.3) is 11.0 Å². The number of hydrogen-bond donors (Lipinski definition) is 6. The Morgan fingerprint density at radius 1 is 1.13 bits per heavy atom. The summed E-state index contributed by atoms with van der Waals surface area (Å²) in [5, 5.41) is 60.1. The highest BCUT2D eigenvalue weighted by atomic mass is 16.5. The number of hydrogen-bond acceptors (Lipinski definition) is 9. The van der Waals surface area contributed by atoms with Gasteiger partial charge in [0.05, 0.1) is 12.7 Å². The predicted molar refractivity (Wildman–Crippen MR) is 104 cm³/mol. The van der Waals surface area contributed by atoms with E-state index in [1.165, 1.54) is 25.1 Å². The molecule has 0 fully saturated rings. The van der Waals surface area contributed by atoms with Gasteiger partial charge in [-0.25, -0.2) is 0 Å². The fraction of sp³-hybridized carbons (Fsp3) is 0.286. The molecule has 9 nitrogen and oxygen atoms in total. The van der Waals surface area contributed by atoms with Gasteiger partial charge in [-0.05, 0) is 24.6 Å². The lowest BCUT2D eigenvalue weighted by Gasteiger charge is -2.38. The zero-order valence-corrected chi connectivity index (χ0v) is 15.9. The average Bonchev–Trinajstić information content (AvgIpc) is 2.68. The van der Waals surface area contributed by atoms with Crippen LogP contribution in [0.15, 0.2) is 39.5 Å². The van der Waals surface area contributed by atoms with Crippen LogP contribution in [0.4, 0.5) is 0 Å². The van der Waals surface area contributed by atoms with Crippen molar-refractivity contribution in [3.63, 3.8) is 0 Å². The molecule has 0 spiro atoms. The molecule has 30 heavy (non-hydrogen) atoms. The van der Waals surface area contributed by atoms with Crippen molar-refractivity contribution in [3.8, 4) is 23.0 Å². The van der Waals surface area contributed by atoms with Gasteiger partial charge in [-0.2, -0.15) is 0 Å². The maximum absolute atomic E-state index is 12.7. The molecule has 0 bridgehead atoms. The van der Waals surface area contributed by atoms with Gasteiger partial charge in [0, 0.05) is 30.2 Å². The van der Waals surface area contributed by atoms with E-state index in [2.05, 4.69) is 0 Å². The van der Waals surface area contributed by atoms with E-state index in [1.54, 1.807) is 0 Å². The largest absolute Gasteiger partial charge is 0.508 e. The highest BCUT2D eigenvalue weighted by Gasteiger charge is 2.41. The van der Waals surface area contributed by atoms with E-state index >= 15 is 0 Å². The third kappa shape index (κ3) is 3.13. The van der Waals surface area contributed by atoms with Gasteiger partial charge < -0.3 is 39.8 Å². The van der Waals surface area contributed by atoms with Crippen molar-refractivity contribution in [3.05, 3.63) is 57.4 Å². The Morgan fingerprint density at radius 3 is 2.43 bits per heavy atom. The Labute approximate surface area is 169 Å². The van der Waals surface area contributed by atoms with E-state index in [0.29, 0.717) is 0 Å². The summed E-state index contributed by atoms with van der Waals surface area (Å²) in [6.07, 6.45) is -2.63. The number of phenols is 3. The second kappa shape index (κ2) is 6.91. The van der Waals surface area contributed by atoms with Crippen molar-refractivity contribution in [2.45, 2.75) is 31.2 Å². The summed E-state index contributed by atoms with van der Waals surface area (Å²) in [5.74, 6) is -1.03. The maximum atomic E-state index is 12.7. The molecule has 3 atom stereocenters. The summed E-state index contributed by atoms with van der Waals surface area (Å²) >= 11 is 0. The van der Waals surface area contributed by atoms with Gasteiger partial charge >= 0.3 is 0 Å². The lowest BCUT2D eigenvalue weighted by atomic mass is 9.89. The van der Waals surface area contributed by atoms with Crippen LogP contribution in [0.1, 0.15) is 29.9 Å². The van der Waals surface area contributed by atoms with E-state index < -0.39 is 35.6 Å². The molecule has 4 rings (SSSR count). The quantitative estimate of drug-likeness (QED) is 0.366. The Bertz CT molecular complexity index is 1180. The lowest BCUT2D eigenvalue weighted by Crippen LogP contribution is -2.51. The molecular formula is C21H20O9. The highest BCUT2D eigenvalue weighted by molar-refractivity contribution is 5.87. The van der Waals surface area contributed by atoms with Crippen molar-refractivity contribution in [1.82, 2.24) is 0 Å². The van der Waals surface area contributed by atoms with Crippen LogP contribution in [0.3, 0.4) is 0 Å². The molecule has 2 heterocycles. The van der Waals surface area contributed by atoms with Crippen molar-refractivity contribution in [1.29, 1.82) is 0 Å². The molecule has 0 saturated heterocycles. The third-order valence-corrected chi connectivity index (χ3v) is 5.35. The SMILES string of the molecule is C[C@@]1(CO)Oc2cc3oc([C@H](O)c4cc(O)cc(O)c4)cc(=O)c3c(O)c2C[C@H]1O. The molecule has 158 valence electrons. The number of ether oxygens (including phenoxy) is 1. The molecule has 0 unspecified atom stereocenters. The molecule has 0 saturated carbocycles. The number of phenolic OH excluding ortho intramolecular Hbond substituents is 3. The molecule has 9 heteroatoms. The van der Waals surface area contributed by atoms with Crippen LogP contribution in [0.2, 0.25) is 0 Å². The van der Waals surface area contributed by atoms with Gasteiger partial charge in [-0.1, -0.05) is 0 Å². The first kappa shape index (κ1) is 20.0. The van der Waals surface area contributed by atoms with Gasteiger partial charge in [0.2, 0.25) is 0 Å². The zero-order chi connectivity index (χ0) is 21.8. The second-order valence-electron chi connectivity index (χ2n) is 7.57. The summed E-state index contributed by atoms with van der Waals surface area (Å²) in [6.45, 7) is 1.03. The minimum Gasteiger partial charge on any atom is -0.508 e. The van der Waals surface area contributed by atoms with Crippen molar-refractivity contribution < 1.29 is 39.8 Å². The smallest absolute Gasteiger partial charge is 0.196 e. The number of fused-ring (bicyclic) bond motifs is 2. The molecule has 0 radical (unpaired) electrons. The maximum Gasteiger partial charge on any atom is 0.196 e. The van der Waals surface area contributed by atoms with Crippen LogP contribution >= 0.6 is 0 Å². The minimum absolute atomic E-state index is 0.0411. The average molecular weight is 416 g/mol. The van der Waals surface area contributed by atoms with Crippen LogP contribution < -0.4 is 10.2 Å². The first-order chi connectivity index (χ1) is 14.1. The predicted octanol–water partition coefficient (Wildman–Crippen LogP) is 1.04. The fourth-order valence-electron chi connectivity index (χ4n) is 3.57. The summed E-state index contributed by atoms with van der Waals surface area (Å²) < 4.78 is 11.3. The number of aromatic hydroxyl groups is 3. The monoisotopic (exact) mass is 416 g/mol. The first-order valence-electron chi connectivity index (χ1n) is 9.14. The van der Waals surface area contributed by atoms with Crippen LogP contribution in [-0.4, -0.2) is 49.0 Å². The molecule has 6 N–H and O–H groups in total. The van der Waals surface area contributed by atoms with E-state index in [-0.39, 0.29) is 51.5 Å². The summed E-state index contributed by atoms with van der Waals surface area (Å²) in [7, 11) is 0. The minimum atomic E-state index is -1.48. The number of rotatable bonds is 3. The molecular weight excluding hydrogens is 396 g/mol. The van der Waals surface area contributed by atoms with Gasteiger partial charge in [-0.15, -0.1) is 0 Å². The molecule has 0 amide bonds. The standard InChI is InChI=1S/C21H20O9/c1-21(8-22)17(26)5-12-14(30-21)7-15-18(20(12)28)13(25)6-16(29-15)19(27)9-2-10(23)4-11(24)3-9/h2-4,6-7,17,19,22-24,26-28H,5,8H2,1H3/t17-,19-,21+/m1/s1. The fourth-order valence-corrected chi connectivity index (χ4v) is 3.57. The number of benzene rings is 2. The van der Waals surface area contributed by atoms with Crippen LogP contribution in [0.5, 0.6) is 23.0 Å². The summed E-state index contributed by atoms with van der Waals surface area (Å²) in [4.78, 5) is 12.7. The normalized spacial score (nSPS) is 21.8. The second-order valence-corrected chi connectivity index (χ2v) is 7.57. The Kier molecular flexibility index (Phi) is 4.61. The van der Waals surface area contributed by atoms with Gasteiger partial charge in [0.25, 0.3) is 0 Å². The molecule has 0 aliphatic carbocycles.